The number of hydrogen-bond acceptors (Lipinski definition) is 4. The molecule has 0 saturated carbocycles. The number of alkyl halides is 3. The number of anilines is 1. The van der Waals surface area contributed by atoms with Crippen LogP contribution in [0.4, 0.5) is 18.9 Å². The highest BCUT2D eigenvalue weighted by Crippen LogP contribution is 2.31. The van der Waals surface area contributed by atoms with E-state index in [9.17, 15) is 18.0 Å². The molecule has 8 heteroatoms. The van der Waals surface area contributed by atoms with Crippen LogP contribution in [-0.2, 0) is 17.4 Å². The highest BCUT2D eigenvalue weighted by Gasteiger charge is 2.31. The summed E-state index contributed by atoms with van der Waals surface area (Å²) in [6, 6.07) is 15.9. The van der Waals surface area contributed by atoms with Crippen LogP contribution in [0.3, 0.4) is 0 Å². The van der Waals surface area contributed by atoms with Gasteiger partial charge in [-0.15, -0.1) is 0 Å². The highest BCUT2D eigenvalue weighted by atomic mass is 19.4. The van der Waals surface area contributed by atoms with E-state index in [1.165, 1.54) is 17.7 Å². The van der Waals surface area contributed by atoms with E-state index in [1.54, 1.807) is 6.07 Å². The van der Waals surface area contributed by atoms with E-state index in [1.807, 2.05) is 15.9 Å². The quantitative estimate of drug-likeness (QED) is 0.662. The zero-order chi connectivity index (χ0) is 23.3. The fourth-order valence-electron chi connectivity index (χ4n) is 4.49. The second-order valence-corrected chi connectivity index (χ2v) is 8.77. The van der Waals surface area contributed by atoms with Gasteiger partial charge in [0.05, 0.1) is 12.1 Å². The van der Waals surface area contributed by atoms with E-state index in [0.717, 1.165) is 45.2 Å². The number of carbonyl (C=O) groups is 1. The molecule has 2 fully saturated rings. The van der Waals surface area contributed by atoms with E-state index in [4.69, 9.17) is 0 Å². The standard InChI is InChI=1S/C25H31F3N4O/c26-25(27,28)22-7-4-8-23(19-22)31-15-17-32(18-16-31)24(33)20-30-13-11-29(12-14-30)10-9-21-5-2-1-3-6-21/h1-8,19H,9-18,20H2. The molecule has 0 radical (unpaired) electrons. The summed E-state index contributed by atoms with van der Waals surface area (Å²) < 4.78 is 39.0. The van der Waals surface area contributed by atoms with Crippen LogP contribution >= 0.6 is 0 Å². The molecular formula is C25H31F3N4O. The van der Waals surface area contributed by atoms with E-state index in [2.05, 4.69) is 34.1 Å². The Hall–Kier alpha value is -2.58. The first-order chi connectivity index (χ1) is 15.9. The molecule has 1 amide bonds. The van der Waals surface area contributed by atoms with Crippen LogP contribution in [0.1, 0.15) is 11.1 Å². The van der Waals surface area contributed by atoms with Crippen LogP contribution in [0.25, 0.3) is 0 Å². The summed E-state index contributed by atoms with van der Waals surface area (Å²) >= 11 is 0. The van der Waals surface area contributed by atoms with Crippen LogP contribution in [0.15, 0.2) is 54.6 Å². The fourth-order valence-corrected chi connectivity index (χ4v) is 4.49. The molecule has 2 saturated heterocycles. The van der Waals surface area contributed by atoms with Crippen molar-refractivity contribution in [2.45, 2.75) is 12.6 Å². The summed E-state index contributed by atoms with van der Waals surface area (Å²) in [6.45, 7) is 7.28. The Balaban J connectivity index is 1.19. The molecule has 0 aromatic heterocycles. The van der Waals surface area contributed by atoms with Crippen LogP contribution in [-0.4, -0.2) is 86.1 Å². The summed E-state index contributed by atoms with van der Waals surface area (Å²) in [6.07, 6.45) is -3.31. The van der Waals surface area contributed by atoms with Gasteiger partial charge in [-0.25, -0.2) is 0 Å². The SMILES string of the molecule is O=C(CN1CCN(CCc2ccccc2)CC1)N1CCN(c2cccc(C(F)(F)F)c2)CC1. The van der Waals surface area contributed by atoms with Crippen molar-refractivity contribution in [2.24, 2.45) is 0 Å². The van der Waals surface area contributed by atoms with Crippen molar-refractivity contribution < 1.29 is 18.0 Å². The van der Waals surface area contributed by atoms with Crippen molar-refractivity contribution in [3.63, 3.8) is 0 Å². The Labute approximate surface area is 193 Å². The minimum absolute atomic E-state index is 0.108. The third-order valence-corrected chi connectivity index (χ3v) is 6.55. The monoisotopic (exact) mass is 460 g/mol. The minimum Gasteiger partial charge on any atom is -0.368 e. The molecule has 0 aliphatic carbocycles. The van der Waals surface area contributed by atoms with Crippen LogP contribution in [0, 0.1) is 0 Å². The second-order valence-electron chi connectivity index (χ2n) is 8.77. The Morgan fingerprint density at radius 3 is 2.12 bits per heavy atom. The van der Waals surface area contributed by atoms with Crippen LogP contribution in [0.2, 0.25) is 0 Å². The normalized spacial score (nSPS) is 18.5. The third kappa shape index (κ3) is 6.48. The first kappa shape index (κ1) is 23.6. The lowest BCUT2D eigenvalue weighted by atomic mass is 10.1. The molecule has 4 rings (SSSR count). The van der Waals surface area contributed by atoms with Gasteiger partial charge in [-0.1, -0.05) is 36.4 Å². The topological polar surface area (TPSA) is 30.0 Å². The maximum Gasteiger partial charge on any atom is 0.416 e. The Morgan fingerprint density at radius 1 is 0.788 bits per heavy atom. The highest BCUT2D eigenvalue weighted by molar-refractivity contribution is 5.78. The number of nitrogens with zero attached hydrogens (tertiary/aromatic N) is 4. The average molecular weight is 461 g/mol. The van der Waals surface area contributed by atoms with E-state index < -0.39 is 11.7 Å². The second kappa shape index (κ2) is 10.6. The lowest BCUT2D eigenvalue weighted by Gasteiger charge is -2.38. The molecule has 5 nitrogen and oxygen atoms in total. The van der Waals surface area contributed by atoms with Gasteiger partial charge in [-0.2, -0.15) is 13.2 Å². The van der Waals surface area contributed by atoms with Crippen LogP contribution < -0.4 is 4.90 Å². The average Bonchev–Trinajstić information content (AvgIpc) is 2.84. The van der Waals surface area contributed by atoms with Gasteiger partial charge in [-0.3, -0.25) is 9.69 Å². The summed E-state index contributed by atoms with van der Waals surface area (Å²) in [7, 11) is 0. The number of carbonyl (C=O) groups excluding carboxylic acids is 1. The van der Waals surface area contributed by atoms with Gasteiger partial charge < -0.3 is 14.7 Å². The Morgan fingerprint density at radius 2 is 1.45 bits per heavy atom. The molecule has 0 bridgehead atoms. The fraction of sp³-hybridized carbons (Fsp3) is 0.480. The molecule has 2 aliphatic rings. The number of benzene rings is 2. The molecule has 178 valence electrons. The first-order valence-electron chi connectivity index (χ1n) is 11.6. The van der Waals surface area contributed by atoms with Crippen molar-refractivity contribution in [1.82, 2.24) is 14.7 Å². The maximum absolute atomic E-state index is 13.0. The Kier molecular flexibility index (Phi) is 7.55. The van der Waals surface area contributed by atoms with Crippen molar-refractivity contribution in [2.75, 3.05) is 70.3 Å². The molecular weight excluding hydrogens is 429 g/mol. The molecule has 2 aromatic rings. The van der Waals surface area contributed by atoms with Gasteiger partial charge in [0.2, 0.25) is 5.91 Å². The number of rotatable bonds is 6. The van der Waals surface area contributed by atoms with Crippen molar-refractivity contribution in [3.8, 4) is 0 Å². The Bertz CT molecular complexity index is 905. The molecule has 0 spiro atoms. The van der Waals surface area contributed by atoms with Crippen molar-refractivity contribution in [3.05, 3.63) is 65.7 Å². The van der Waals surface area contributed by atoms with Gasteiger partial charge in [-0.05, 0) is 30.2 Å². The molecule has 0 atom stereocenters. The maximum atomic E-state index is 13.0. The smallest absolute Gasteiger partial charge is 0.368 e. The van der Waals surface area contributed by atoms with E-state index in [-0.39, 0.29) is 5.91 Å². The van der Waals surface area contributed by atoms with Crippen LogP contribution in [0.5, 0.6) is 0 Å². The van der Waals surface area contributed by atoms with E-state index in [0.29, 0.717) is 38.4 Å². The largest absolute Gasteiger partial charge is 0.416 e. The molecule has 0 N–H and O–H groups in total. The molecule has 2 aliphatic heterocycles. The van der Waals surface area contributed by atoms with Gasteiger partial charge >= 0.3 is 6.18 Å². The van der Waals surface area contributed by atoms with Gasteiger partial charge in [0, 0.05) is 64.6 Å². The predicted molar refractivity (Wildman–Crippen MR) is 123 cm³/mol. The third-order valence-electron chi connectivity index (χ3n) is 6.55. The predicted octanol–water partition coefficient (Wildman–Crippen LogP) is 3.21. The lowest BCUT2D eigenvalue weighted by molar-refractivity contribution is -0.137. The first-order valence-corrected chi connectivity index (χ1v) is 11.6. The molecule has 2 heterocycles. The van der Waals surface area contributed by atoms with Crippen molar-refractivity contribution in [1.29, 1.82) is 0 Å². The van der Waals surface area contributed by atoms with Gasteiger partial charge in [0.25, 0.3) is 0 Å². The molecule has 33 heavy (non-hydrogen) atoms. The summed E-state index contributed by atoms with van der Waals surface area (Å²) in [5.41, 5.74) is 1.27. The number of halogens is 3. The van der Waals surface area contributed by atoms with Gasteiger partial charge in [0.1, 0.15) is 0 Å². The summed E-state index contributed by atoms with van der Waals surface area (Å²) in [4.78, 5) is 21.2. The van der Waals surface area contributed by atoms with E-state index >= 15 is 0 Å². The zero-order valence-corrected chi connectivity index (χ0v) is 18.8. The number of piperazine rings is 2. The minimum atomic E-state index is -4.35. The lowest BCUT2D eigenvalue weighted by Crippen LogP contribution is -2.54. The van der Waals surface area contributed by atoms with Gasteiger partial charge in [0.15, 0.2) is 0 Å². The molecule has 0 unspecified atom stereocenters. The number of hydrogen-bond donors (Lipinski definition) is 0. The number of amides is 1. The molecule has 2 aromatic carbocycles. The van der Waals surface area contributed by atoms with Crippen molar-refractivity contribution >= 4 is 11.6 Å². The zero-order valence-electron chi connectivity index (χ0n) is 18.8. The summed E-state index contributed by atoms with van der Waals surface area (Å²) in [5.74, 6) is 0.108. The summed E-state index contributed by atoms with van der Waals surface area (Å²) in [5, 5.41) is 0.